The molecule has 2 aromatic rings. The maximum Gasteiger partial charge on any atom is 0.252 e. The Bertz CT molecular complexity index is 683. The second-order valence-electron chi connectivity index (χ2n) is 5.50. The Hall–Kier alpha value is -1.83. The van der Waals surface area contributed by atoms with Crippen molar-refractivity contribution >= 4 is 17.7 Å². The predicted octanol–water partition coefficient (Wildman–Crippen LogP) is 2.42. The lowest BCUT2D eigenvalue weighted by atomic mass is 10.2. The molecule has 1 fully saturated rings. The zero-order valence-corrected chi connectivity index (χ0v) is 14.3. The maximum absolute atomic E-state index is 12.5. The summed E-state index contributed by atoms with van der Waals surface area (Å²) < 4.78 is 16.1. The van der Waals surface area contributed by atoms with Crippen LogP contribution < -0.4 is 5.32 Å². The summed E-state index contributed by atoms with van der Waals surface area (Å²) in [6.07, 6.45) is -0.0836. The van der Waals surface area contributed by atoms with E-state index in [0.717, 1.165) is 16.3 Å². The van der Waals surface area contributed by atoms with Crippen molar-refractivity contribution in [3.8, 4) is 0 Å². The Kier molecular flexibility index (Phi) is 5.90. The van der Waals surface area contributed by atoms with Gasteiger partial charge in [-0.05, 0) is 19.1 Å². The minimum absolute atomic E-state index is 0.0836. The molecule has 1 saturated heterocycles. The highest BCUT2D eigenvalue weighted by molar-refractivity contribution is 7.98. The van der Waals surface area contributed by atoms with Gasteiger partial charge in [0.2, 0.25) is 0 Å². The standard InChI is InChI=1S/C17H20N2O4S/c1-12-8-13(23-19-12)11-24-16-5-3-2-4-15(16)17(20)18-9-14-10-21-6-7-22-14/h2-5,8,14H,6-7,9-11H2,1H3,(H,18,20)/t14-/m1/s1. The maximum atomic E-state index is 12.5. The fourth-order valence-electron chi connectivity index (χ4n) is 2.37. The van der Waals surface area contributed by atoms with Crippen molar-refractivity contribution in [2.75, 3.05) is 26.4 Å². The molecule has 0 bridgehead atoms. The summed E-state index contributed by atoms with van der Waals surface area (Å²) >= 11 is 1.55. The molecule has 0 radical (unpaired) electrons. The average molecular weight is 348 g/mol. The largest absolute Gasteiger partial charge is 0.376 e. The van der Waals surface area contributed by atoms with Crippen LogP contribution in [0.15, 0.2) is 39.8 Å². The molecule has 24 heavy (non-hydrogen) atoms. The number of aromatic nitrogens is 1. The number of nitrogens with one attached hydrogen (secondary N) is 1. The van der Waals surface area contributed by atoms with Crippen LogP contribution in [0.25, 0.3) is 0 Å². The molecular formula is C17H20N2O4S. The molecule has 0 unspecified atom stereocenters. The summed E-state index contributed by atoms with van der Waals surface area (Å²) in [5, 5.41) is 6.79. The van der Waals surface area contributed by atoms with E-state index < -0.39 is 0 Å². The first-order valence-corrected chi connectivity index (χ1v) is 8.82. The minimum Gasteiger partial charge on any atom is -0.376 e. The number of rotatable bonds is 6. The minimum atomic E-state index is -0.110. The number of hydrogen-bond acceptors (Lipinski definition) is 6. The fraction of sp³-hybridized carbons (Fsp3) is 0.412. The van der Waals surface area contributed by atoms with Gasteiger partial charge in [0.05, 0.1) is 42.9 Å². The molecule has 128 valence electrons. The van der Waals surface area contributed by atoms with Crippen molar-refractivity contribution in [3.05, 3.63) is 47.3 Å². The van der Waals surface area contributed by atoms with E-state index in [-0.39, 0.29) is 12.0 Å². The second-order valence-corrected chi connectivity index (χ2v) is 6.51. The van der Waals surface area contributed by atoms with Gasteiger partial charge in [0, 0.05) is 17.5 Å². The molecule has 1 N–H and O–H groups in total. The molecule has 7 heteroatoms. The van der Waals surface area contributed by atoms with Crippen LogP contribution in [0.5, 0.6) is 0 Å². The lowest BCUT2D eigenvalue weighted by molar-refractivity contribution is -0.0855. The number of amides is 1. The Balaban J connectivity index is 1.58. The number of benzene rings is 1. The van der Waals surface area contributed by atoms with E-state index in [1.165, 1.54) is 0 Å². The number of carbonyl (C=O) groups excluding carboxylic acids is 1. The SMILES string of the molecule is Cc1cc(CSc2ccccc2C(=O)NC[C@@H]2COCCO2)on1. The molecule has 1 aliphatic heterocycles. The Morgan fingerprint density at radius 1 is 1.38 bits per heavy atom. The lowest BCUT2D eigenvalue weighted by Gasteiger charge is -2.23. The molecule has 1 atom stereocenters. The normalized spacial score (nSPS) is 17.6. The van der Waals surface area contributed by atoms with Crippen molar-refractivity contribution in [2.24, 2.45) is 0 Å². The van der Waals surface area contributed by atoms with Gasteiger partial charge < -0.3 is 19.3 Å². The van der Waals surface area contributed by atoms with Gasteiger partial charge >= 0.3 is 0 Å². The average Bonchev–Trinajstić information content (AvgIpc) is 3.04. The monoisotopic (exact) mass is 348 g/mol. The van der Waals surface area contributed by atoms with Gasteiger partial charge in [-0.1, -0.05) is 17.3 Å². The zero-order chi connectivity index (χ0) is 16.8. The molecule has 1 aromatic heterocycles. The Morgan fingerprint density at radius 3 is 3.00 bits per heavy atom. The summed E-state index contributed by atoms with van der Waals surface area (Å²) in [6, 6.07) is 9.43. The summed E-state index contributed by atoms with van der Waals surface area (Å²) in [5.74, 6) is 1.31. The van der Waals surface area contributed by atoms with Crippen molar-refractivity contribution < 1.29 is 18.8 Å². The first-order chi connectivity index (χ1) is 11.7. The van der Waals surface area contributed by atoms with Gasteiger partial charge in [-0.25, -0.2) is 0 Å². The number of aryl methyl sites for hydroxylation is 1. The highest BCUT2D eigenvalue weighted by Crippen LogP contribution is 2.26. The van der Waals surface area contributed by atoms with Gasteiger partial charge in [0.15, 0.2) is 0 Å². The van der Waals surface area contributed by atoms with Crippen LogP contribution in [0.1, 0.15) is 21.8 Å². The Morgan fingerprint density at radius 2 is 2.25 bits per heavy atom. The number of carbonyl (C=O) groups is 1. The number of nitrogens with zero attached hydrogens (tertiary/aromatic N) is 1. The van der Waals surface area contributed by atoms with Gasteiger partial charge in [-0.2, -0.15) is 0 Å². The summed E-state index contributed by atoms with van der Waals surface area (Å²) in [5.41, 5.74) is 1.50. The molecule has 2 heterocycles. The molecule has 1 amide bonds. The second kappa shape index (κ2) is 8.32. The van der Waals surface area contributed by atoms with Crippen molar-refractivity contribution in [3.63, 3.8) is 0 Å². The first-order valence-electron chi connectivity index (χ1n) is 7.84. The summed E-state index contributed by atoms with van der Waals surface area (Å²) in [6.45, 7) is 4.03. The van der Waals surface area contributed by atoms with E-state index >= 15 is 0 Å². The quantitative estimate of drug-likeness (QED) is 0.808. The molecule has 0 saturated carbocycles. The van der Waals surface area contributed by atoms with Crippen molar-refractivity contribution in [1.29, 1.82) is 0 Å². The van der Waals surface area contributed by atoms with Gasteiger partial charge in [0.1, 0.15) is 5.76 Å². The molecule has 1 aromatic carbocycles. The van der Waals surface area contributed by atoms with Crippen LogP contribution >= 0.6 is 11.8 Å². The third kappa shape index (κ3) is 4.59. The topological polar surface area (TPSA) is 73.6 Å². The number of ether oxygens (including phenoxy) is 2. The molecule has 6 nitrogen and oxygen atoms in total. The van der Waals surface area contributed by atoms with Crippen LogP contribution in [0.2, 0.25) is 0 Å². The third-order valence-electron chi connectivity index (χ3n) is 3.55. The number of hydrogen-bond donors (Lipinski definition) is 1. The Labute approximate surface area is 144 Å². The highest BCUT2D eigenvalue weighted by Gasteiger charge is 2.17. The smallest absolute Gasteiger partial charge is 0.252 e. The van der Waals surface area contributed by atoms with Gasteiger partial charge in [-0.3, -0.25) is 4.79 Å². The first kappa shape index (κ1) is 17.0. The van der Waals surface area contributed by atoms with E-state index in [1.54, 1.807) is 11.8 Å². The highest BCUT2D eigenvalue weighted by atomic mass is 32.2. The van der Waals surface area contributed by atoms with Crippen LogP contribution in [0.4, 0.5) is 0 Å². The van der Waals surface area contributed by atoms with E-state index in [2.05, 4.69) is 10.5 Å². The van der Waals surface area contributed by atoms with Crippen LogP contribution in [0, 0.1) is 6.92 Å². The molecule has 0 aliphatic carbocycles. The van der Waals surface area contributed by atoms with E-state index in [4.69, 9.17) is 14.0 Å². The lowest BCUT2D eigenvalue weighted by Crippen LogP contribution is -2.39. The summed E-state index contributed by atoms with van der Waals surface area (Å²) in [7, 11) is 0. The summed E-state index contributed by atoms with van der Waals surface area (Å²) in [4.78, 5) is 13.4. The van der Waals surface area contributed by atoms with Crippen LogP contribution in [-0.4, -0.2) is 43.5 Å². The van der Waals surface area contributed by atoms with Crippen LogP contribution in [-0.2, 0) is 15.2 Å². The van der Waals surface area contributed by atoms with Crippen molar-refractivity contribution in [2.45, 2.75) is 23.7 Å². The third-order valence-corrected chi connectivity index (χ3v) is 4.65. The molecule has 0 spiro atoms. The fourth-order valence-corrected chi connectivity index (χ4v) is 3.29. The van der Waals surface area contributed by atoms with Crippen LogP contribution in [0.3, 0.4) is 0 Å². The van der Waals surface area contributed by atoms with Gasteiger partial charge in [0.25, 0.3) is 5.91 Å². The molecular weight excluding hydrogens is 328 g/mol. The number of thioether (sulfide) groups is 1. The molecule has 1 aliphatic rings. The van der Waals surface area contributed by atoms with E-state index in [0.29, 0.717) is 37.7 Å². The zero-order valence-electron chi connectivity index (χ0n) is 13.5. The molecule has 3 rings (SSSR count). The van der Waals surface area contributed by atoms with Crippen molar-refractivity contribution in [1.82, 2.24) is 10.5 Å². The van der Waals surface area contributed by atoms with E-state index in [9.17, 15) is 4.79 Å². The van der Waals surface area contributed by atoms with E-state index in [1.807, 2.05) is 37.3 Å². The predicted molar refractivity (Wildman–Crippen MR) is 90.1 cm³/mol. The van der Waals surface area contributed by atoms with Gasteiger partial charge in [-0.15, -0.1) is 11.8 Å².